The molecule has 15 rings (SSSR count). The molecule has 3 amide bonds. The largest absolute Gasteiger partial charge is 0.379 e. The second-order valence-electron chi connectivity index (χ2n) is 25.8. The molecule has 0 unspecified atom stereocenters. The molecule has 0 atom stereocenters. The number of fused-ring (bicyclic) bond motifs is 3. The Balaban J connectivity index is 0.000000139. The molecule has 4 saturated heterocycles. The van der Waals surface area contributed by atoms with Crippen molar-refractivity contribution in [1.82, 2.24) is 33.3 Å². The van der Waals surface area contributed by atoms with E-state index in [1.165, 1.54) is 34.8 Å². The number of pyridine rings is 3. The number of aryl methyl sites for hydroxylation is 3. The average Bonchev–Trinajstić information content (AvgIpc) is 0.801. The first-order valence-corrected chi connectivity index (χ1v) is 37.4. The lowest BCUT2D eigenvalue weighted by molar-refractivity contribution is -0.130. The number of hydrogen-bond acceptors (Lipinski definition) is 17. The van der Waals surface area contributed by atoms with Crippen molar-refractivity contribution in [1.29, 1.82) is 15.8 Å². The second-order valence-corrected chi connectivity index (χ2v) is 28.7. The molecule has 0 spiro atoms. The molecule has 4 aliphatic heterocycles. The lowest BCUT2D eigenvalue weighted by atomic mass is 10.0. The number of benzene rings is 5. The number of piperazine rings is 3. The number of morpholine rings is 1. The van der Waals surface area contributed by atoms with Crippen molar-refractivity contribution < 1.29 is 23.5 Å². The minimum absolute atomic E-state index is 0.0383. The summed E-state index contributed by atoms with van der Waals surface area (Å²) in [5.41, 5.74) is 6.94. The predicted molar refractivity (Wildman–Crippen MR) is 408 cm³/mol. The Labute approximate surface area is 612 Å². The van der Waals surface area contributed by atoms with Gasteiger partial charge < -0.3 is 47.8 Å². The van der Waals surface area contributed by atoms with Gasteiger partial charge >= 0.3 is 0 Å². The van der Waals surface area contributed by atoms with E-state index in [1.807, 2.05) is 170 Å². The minimum atomic E-state index is -0.373. The van der Waals surface area contributed by atoms with E-state index in [2.05, 4.69) is 39.0 Å². The van der Waals surface area contributed by atoms with Gasteiger partial charge in [0, 0.05) is 132 Å². The van der Waals surface area contributed by atoms with E-state index in [9.17, 15) is 48.9 Å². The summed E-state index contributed by atoms with van der Waals surface area (Å²) >= 11 is 4.47. The SMILES string of the molecule is Cc1ccc2c(c1)c(N1CCN(C(=O)c3cccs3)CC1)c(C#N)c(=O)n2CCN1CCOCC1.N#Cc1c(N2CCN(C(=O)Cc3cccs3)CC2)c2ccccc2n(Cc2ccc(F)cc2)c1=O.N#Cc1c(N2CCN(C(=O)c3cccs3)CC2)c2ccccc2n(CCc2ccccc2)c1=O. The van der Waals surface area contributed by atoms with Crippen molar-refractivity contribution >= 4 is 102 Å². The highest BCUT2D eigenvalue weighted by atomic mass is 32.1. The summed E-state index contributed by atoms with van der Waals surface area (Å²) in [6.45, 7) is 13.8. The third-order valence-corrected chi connectivity index (χ3v) is 22.2. The van der Waals surface area contributed by atoms with Crippen molar-refractivity contribution in [2.24, 2.45) is 0 Å². The van der Waals surface area contributed by atoms with Crippen LogP contribution in [-0.2, 0) is 42.0 Å². The van der Waals surface area contributed by atoms with Gasteiger partial charge in [0.05, 0.1) is 69.5 Å². The van der Waals surface area contributed by atoms with Crippen molar-refractivity contribution in [2.75, 3.05) is 126 Å². The fourth-order valence-corrected chi connectivity index (χ4v) is 16.3. The Kier molecular flexibility index (Phi) is 22.6. The van der Waals surface area contributed by atoms with Crippen LogP contribution in [0.4, 0.5) is 21.5 Å². The van der Waals surface area contributed by atoms with Crippen LogP contribution in [0.3, 0.4) is 0 Å². The number of para-hydroxylation sites is 2. The summed E-state index contributed by atoms with van der Waals surface area (Å²) in [6.07, 6.45) is 1.10. The first kappa shape index (κ1) is 71.4. The first-order chi connectivity index (χ1) is 50.8. The predicted octanol–water partition coefficient (Wildman–Crippen LogP) is 10.7. The van der Waals surface area contributed by atoms with Crippen LogP contribution in [-0.4, -0.2) is 162 Å². The molecule has 104 heavy (non-hydrogen) atoms. The molecule has 0 aliphatic carbocycles. The number of rotatable bonds is 15. The molecule has 0 radical (unpaired) electrons. The van der Waals surface area contributed by atoms with Crippen molar-refractivity contribution in [3.05, 3.63) is 259 Å². The maximum Gasteiger partial charge on any atom is 0.271 e. The summed E-state index contributed by atoms with van der Waals surface area (Å²) in [5, 5.41) is 38.5. The number of carbonyl (C=O) groups excluding carboxylic acids is 3. The number of aromatic nitrogens is 3. The summed E-state index contributed by atoms with van der Waals surface area (Å²) < 4.78 is 23.9. The van der Waals surface area contributed by atoms with Gasteiger partial charge in [0.2, 0.25) is 5.91 Å². The maximum absolute atomic E-state index is 13.6. The van der Waals surface area contributed by atoms with Crippen LogP contribution in [0.15, 0.2) is 188 Å². The van der Waals surface area contributed by atoms with Crippen molar-refractivity contribution in [2.45, 2.75) is 39.4 Å². The molecule has 11 aromatic rings. The molecule has 10 heterocycles. The number of anilines is 3. The Morgan fingerprint density at radius 2 is 0.913 bits per heavy atom. The third kappa shape index (κ3) is 15.6. The first-order valence-electron chi connectivity index (χ1n) is 34.8. The van der Waals surface area contributed by atoms with Crippen LogP contribution in [0.25, 0.3) is 32.7 Å². The maximum atomic E-state index is 13.6. The molecule has 0 saturated carbocycles. The molecule has 4 aliphatic rings. The van der Waals surface area contributed by atoms with Gasteiger partial charge in [-0.15, -0.1) is 34.0 Å². The highest BCUT2D eigenvalue weighted by Crippen LogP contribution is 2.34. The Morgan fingerprint density at radius 1 is 0.452 bits per heavy atom. The lowest BCUT2D eigenvalue weighted by Gasteiger charge is -2.37. The highest BCUT2D eigenvalue weighted by molar-refractivity contribution is 7.12. The number of carbonyl (C=O) groups is 3. The molecule has 5 aromatic carbocycles. The molecular formula is C80H76FN13O7S3. The minimum Gasteiger partial charge on any atom is -0.379 e. The van der Waals surface area contributed by atoms with Gasteiger partial charge in [0.1, 0.15) is 40.7 Å². The number of nitriles is 3. The Bertz CT molecular complexity index is 5230. The monoisotopic (exact) mass is 1450 g/mol. The van der Waals surface area contributed by atoms with Crippen LogP contribution in [0.1, 0.15) is 57.6 Å². The van der Waals surface area contributed by atoms with Gasteiger partial charge in [0.25, 0.3) is 28.5 Å². The van der Waals surface area contributed by atoms with Gasteiger partial charge in [-0.1, -0.05) is 109 Å². The fraction of sp³-hybridized carbons (Fsp3) is 0.287. The molecule has 4 fully saturated rings. The van der Waals surface area contributed by atoms with E-state index in [0.29, 0.717) is 140 Å². The fourth-order valence-electron chi connectivity index (χ4n) is 14.2. The number of thiophene rings is 3. The summed E-state index contributed by atoms with van der Waals surface area (Å²) in [5.74, 6) is -0.171. The van der Waals surface area contributed by atoms with Gasteiger partial charge in [-0.3, -0.25) is 33.7 Å². The molecular weight excluding hydrogens is 1370 g/mol. The molecule has 0 N–H and O–H groups in total. The smallest absolute Gasteiger partial charge is 0.271 e. The second kappa shape index (κ2) is 32.9. The van der Waals surface area contributed by atoms with Gasteiger partial charge in [-0.05, 0) is 95.2 Å². The topological polar surface area (TPSA) is 220 Å². The molecule has 24 heteroatoms. The zero-order valence-electron chi connectivity index (χ0n) is 57.6. The number of ether oxygens (including phenoxy) is 1. The summed E-state index contributed by atoms with van der Waals surface area (Å²) in [7, 11) is 0. The van der Waals surface area contributed by atoms with E-state index >= 15 is 0 Å². The number of amides is 3. The summed E-state index contributed by atoms with van der Waals surface area (Å²) in [6, 6.07) is 55.4. The standard InChI is InChI=1S/C27H23FN4O2S.C27H24N4O2S.C26H29N5O3S/c28-20-9-7-19(8-10-20)18-32-24-6-2-1-5-22(24)26(23(17-29)27(32)34)31-13-11-30(12-14-31)25(33)16-21-4-3-15-35-21;28-19-22-25(29-14-16-30(17-15-29)27(33)24-11-6-18-34-24)21-9-4-5-10-23(21)31(26(22)32)13-12-20-7-2-1-3-8-20;1-19-4-5-22-20(17-19)24(29-7-9-30(10-8-29)26(33)23-3-2-16-35-23)21(18-27)25(32)31(22)11-6-28-12-14-34-15-13-28/h1-10,15H,11-14,16,18H2;1-11,18H,12-17H2;2-5,16-17H,6-15H2,1H3. The molecule has 6 aromatic heterocycles. The zero-order valence-corrected chi connectivity index (χ0v) is 60.0. The van der Waals surface area contributed by atoms with E-state index in [4.69, 9.17) is 4.74 Å². The number of nitrogens with zero attached hydrogens (tertiary/aromatic N) is 13. The molecule has 0 bridgehead atoms. The number of halogens is 1. The van der Waals surface area contributed by atoms with Crippen LogP contribution in [0.5, 0.6) is 0 Å². The van der Waals surface area contributed by atoms with Crippen LogP contribution >= 0.6 is 34.0 Å². The van der Waals surface area contributed by atoms with Crippen molar-refractivity contribution in [3.8, 4) is 18.2 Å². The summed E-state index contributed by atoms with van der Waals surface area (Å²) in [4.78, 5) is 95.3. The normalized spacial score (nSPS) is 14.8. The molecule has 528 valence electrons. The van der Waals surface area contributed by atoms with E-state index in [0.717, 1.165) is 78.1 Å². The average molecular weight is 1450 g/mol. The Hall–Kier alpha value is -11.0. The van der Waals surface area contributed by atoms with Gasteiger partial charge in [-0.25, -0.2) is 4.39 Å². The van der Waals surface area contributed by atoms with E-state index < -0.39 is 0 Å². The lowest BCUT2D eigenvalue weighted by Crippen LogP contribution is -2.49. The zero-order chi connectivity index (χ0) is 72.2. The van der Waals surface area contributed by atoms with Crippen LogP contribution < -0.4 is 31.4 Å². The van der Waals surface area contributed by atoms with Gasteiger partial charge in [-0.2, -0.15) is 15.8 Å². The van der Waals surface area contributed by atoms with E-state index in [-0.39, 0.29) is 63.5 Å². The van der Waals surface area contributed by atoms with Gasteiger partial charge in [0.15, 0.2) is 0 Å². The third-order valence-electron chi connectivity index (χ3n) is 19.6. The Morgan fingerprint density at radius 3 is 1.42 bits per heavy atom. The van der Waals surface area contributed by atoms with Crippen LogP contribution in [0.2, 0.25) is 0 Å². The quantitative estimate of drug-likeness (QED) is 0.0932. The van der Waals surface area contributed by atoms with E-state index in [1.54, 1.807) is 37.2 Å². The number of hydrogen-bond donors (Lipinski definition) is 0. The van der Waals surface area contributed by atoms with Crippen LogP contribution in [0, 0.1) is 46.7 Å². The highest BCUT2D eigenvalue weighted by Gasteiger charge is 2.32. The van der Waals surface area contributed by atoms with Crippen molar-refractivity contribution in [3.63, 3.8) is 0 Å². The molecule has 20 nitrogen and oxygen atoms in total.